The number of hydrogen-bond acceptors (Lipinski definition) is 2. The summed E-state index contributed by atoms with van der Waals surface area (Å²) in [6.07, 6.45) is 0.736. The van der Waals surface area contributed by atoms with E-state index in [2.05, 4.69) is 0 Å². The SMILES string of the molecule is N=C(N)C(F)C1CCCSC1. The van der Waals surface area contributed by atoms with Gasteiger partial charge in [0.1, 0.15) is 5.84 Å². The summed E-state index contributed by atoms with van der Waals surface area (Å²) in [5, 5.41) is 6.93. The van der Waals surface area contributed by atoms with Gasteiger partial charge in [-0.3, -0.25) is 5.41 Å². The average Bonchev–Trinajstić information content (AvgIpc) is 2.05. The Kier molecular flexibility index (Phi) is 3.17. The molecule has 2 atom stereocenters. The predicted octanol–water partition coefficient (Wildman–Crippen LogP) is 1.40. The van der Waals surface area contributed by atoms with Crippen LogP contribution in [0.1, 0.15) is 12.8 Å². The number of amidine groups is 1. The Balaban J connectivity index is 2.38. The van der Waals surface area contributed by atoms with Crippen molar-refractivity contribution < 1.29 is 4.39 Å². The van der Waals surface area contributed by atoms with Gasteiger partial charge in [-0.25, -0.2) is 4.39 Å². The van der Waals surface area contributed by atoms with Gasteiger partial charge in [0.2, 0.25) is 0 Å². The van der Waals surface area contributed by atoms with E-state index < -0.39 is 6.17 Å². The van der Waals surface area contributed by atoms with Gasteiger partial charge < -0.3 is 5.73 Å². The van der Waals surface area contributed by atoms with Gasteiger partial charge in [0.15, 0.2) is 6.17 Å². The number of alkyl halides is 1. The molecule has 1 rings (SSSR count). The van der Waals surface area contributed by atoms with E-state index in [4.69, 9.17) is 11.1 Å². The van der Waals surface area contributed by atoms with E-state index in [1.54, 1.807) is 11.8 Å². The molecule has 0 aromatic heterocycles. The highest BCUT2D eigenvalue weighted by Gasteiger charge is 2.25. The maximum Gasteiger partial charge on any atom is 0.160 e. The lowest BCUT2D eigenvalue weighted by molar-refractivity contribution is 0.301. The number of thioether (sulfide) groups is 1. The molecule has 2 unspecified atom stereocenters. The van der Waals surface area contributed by atoms with E-state index in [-0.39, 0.29) is 11.8 Å². The third kappa shape index (κ3) is 2.36. The third-order valence-electron chi connectivity index (χ3n) is 1.91. The summed E-state index contributed by atoms with van der Waals surface area (Å²) in [6.45, 7) is 0. The molecule has 0 aromatic carbocycles. The van der Waals surface area contributed by atoms with Crippen LogP contribution in [0.15, 0.2) is 0 Å². The van der Waals surface area contributed by atoms with Crippen LogP contribution in [0, 0.1) is 11.3 Å². The Hall–Kier alpha value is -0.250. The summed E-state index contributed by atoms with van der Waals surface area (Å²) < 4.78 is 13.0. The van der Waals surface area contributed by atoms with E-state index in [9.17, 15) is 4.39 Å². The third-order valence-corrected chi connectivity index (χ3v) is 3.15. The second kappa shape index (κ2) is 3.95. The minimum atomic E-state index is -1.21. The van der Waals surface area contributed by atoms with Crippen LogP contribution >= 0.6 is 11.8 Å². The van der Waals surface area contributed by atoms with Crippen LogP contribution < -0.4 is 5.73 Å². The topological polar surface area (TPSA) is 49.9 Å². The number of hydrogen-bond donors (Lipinski definition) is 2. The van der Waals surface area contributed by atoms with Crippen molar-refractivity contribution in [1.82, 2.24) is 0 Å². The van der Waals surface area contributed by atoms with E-state index in [1.165, 1.54) is 0 Å². The molecule has 0 aliphatic carbocycles. The maximum atomic E-state index is 13.0. The molecule has 1 fully saturated rings. The Bertz CT molecular complexity index is 145. The van der Waals surface area contributed by atoms with Crippen molar-refractivity contribution >= 4 is 17.6 Å². The van der Waals surface area contributed by atoms with Gasteiger partial charge in [-0.1, -0.05) is 0 Å². The average molecular weight is 176 g/mol. The molecule has 3 N–H and O–H groups in total. The lowest BCUT2D eigenvalue weighted by atomic mass is 9.99. The number of nitrogens with one attached hydrogen (secondary N) is 1. The lowest BCUT2D eigenvalue weighted by Gasteiger charge is -2.23. The summed E-state index contributed by atoms with van der Waals surface area (Å²) in [6, 6.07) is 0. The van der Waals surface area contributed by atoms with E-state index in [0.717, 1.165) is 24.3 Å². The Morgan fingerprint density at radius 1 is 1.73 bits per heavy atom. The second-order valence-electron chi connectivity index (χ2n) is 2.83. The molecule has 1 saturated heterocycles. The molecule has 4 heteroatoms. The number of rotatable bonds is 2. The number of halogens is 1. The Morgan fingerprint density at radius 3 is 2.91 bits per heavy atom. The molecule has 64 valence electrons. The monoisotopic (exact) mass is 176 g/mol. The van der Waals surface area contributed by atoms with Crippen LogP contribution in [0.5, 0.6) is 0 Å². The molecule has 0 aromatic rings. The van der Waals surface area contributed by atoms with Gasteiger partial charge in [0, 0.05) is 5.92 Å². The van der Waals surface area contributed by atoms with Crippen LogP contribution in [0.2, 0.25) is 0 Å². The fraction of sp³-hybridized carbons (Fsp3) is 0.857. The summed E-state index contributed by atoms with van der Waals surface area (Å²) in [7, 11) is 0. The number of nitrogens with two attached hydrogens (primary N) is 1. The molecule has 1 aliphatic rings. The molecule has 0 amide bonds. The van der Waals surface area contributed by atoms with E-state index in [0.29, 0.717) is 0 Å². The molecular formula is C7H13FN2S. The molecule has 0 radical (unpaired) electrons. The van der Waals surface area contributed by atoms with Crippen molar-refractivity contribution in [2.24, 2.45) is 11.7 Å². The largest absolute Gasteiger partial charge is 0.385 e. The van der Waals surface area contributed by atoms with E-state index in [1.807, 2.05) is 0 Å². The van der Waals surface area contributed by atoms with Crippen molar-refractivity contribution in [2.75, 3.05) is 11.5 Å². The van der Waals surface area contributed by atoms with Gasteiger partial charge in [-0.2, -0.15) is 11.8 Å². The van der Waals surface area contributed by atoms with Crippen molar-refractivity contribution in [1.29, 1.82) is 5.41 Å². The molecule has 11 heavy (non-hydrogen) atoms. The molecule has 0 spiro atoms. The van der Waals surface area contributed by atoms with Gasteiger partial charge in [-0.15, -0.1) is 0 Å². The van der Waals surface area contributed by atoms with Crippen LogP contribution in [-0.4, -0.2) is 23.5 Å². The quantitative estimate of drug-likeness (QED) is 0.493. The summed E-state index contributed by atoms with van der Waals surface area (Å²) in [5.74, 6) is 1.63. The highest BCUT2D eigenvalue weighted by Crippen LogP contribution is 2.26. The Morgan fingerprint density at radius 2 is 2.45 bits per heavy atom. The van der Waals surface area contributed by atoms with Crippen LogP contribution in [0.4, 0.5) is 4.39 Å². The summed E-state index contributed by atoms with van der Waals surface area (Å²) in [4.78, 5) is 0. The van der Waals surface area contributed by atoms with E-state index >= 15 is 0 Å². The van der Waals surface area contributed by atoms with Crippen molar-refractivity contribution in [2.45, 2.75) is 19.0 Å². The maximum absolute atomic E-state index is 13.0. The minimum Gasteiger partial charge on any atom is -0.385 e. The summed E-state index contributed by atoms with van der Waals surface area (Å²) in [5.41, 5.74) is 5.07. The van der Waals surface area contributed by atoms with Crippen molar-refractivity contribution in [3.05, 3.63) is 0 Å². The second-order valence-corrected chi connectivity index (χ2v) is 3.98. The predicted molar refractivity (Wildman–Crippen MR) is 46.9 cm³/mol. The lowest BCUT2D eigenvalue weighted by Crippen LogP contribution is -2.33. The minimum absolute atomic E-state index is 0.00810. The molecule has 0 bridgehead atoms. The molecular weight excluding hydrogens is 163 g/mol. The van der Waals surface area contributed by atoms with Crippen LogP contribution in [0.25, 0.3) is 0 Å². The Labute approximate surface area is 70.2 Å². The fourth-order valence-corrected chi connectivity index (χ4v) is 2.43. The molecule has 1 heterocycles. The zero-order valence-corrected chi connectivity index (χ0v) is 7.16. The molecule has 1 aliphatic heterocycles. The summed E-state index contributed by atoms with van der Waals surface area (Å²) >= 11 is 1.76. The van der Waals surface area contributed by atoms with Gasteiger partial charge in [0.05, 0.1) is 0 Å². The smallest absolute Gasteiger partial charge is 0.160 e. The highest BCUT2D eigenvalue weighted by molar-refractivity contribution is 7.99. The van der Waals surface area contributed by atoms with Gasteiger partial charge in [-0.05, 0) is 24.3 Å². The first-order valence-corrected chi connectivity index (χ1v) is 4.93. The fourth-order valence-electron chi connectivity index (χ4n) is 1.25. The highest BCUT2D eigenvalue weighted by atomic mass is 32.2. The first-order chi connectivity index (χ1) is 5.22. The molecule has 2 nitrogen and oxygen atoms in total. The normalized spacial score (nSPS) is 27.9. The van der Waals surface area contributed by atoms with Crippen LogP contribution in [-0.2, 0) is 0 Å². The first kappa shape index (κ1) is 8.84. The zero-order chi connectivity index (χ0) is 8.27. The van der Waals surface area contributed by atoms with Crippen molar-refractivity contribution in [3.63, 3.8) is 0 Å². The van der Waals surface area contributed by atoms with Crippen molar-refractivity contribution in [3.8, 4) is 0 Å². The van der Waals surface area contributed by atoms with Gasteiger partial charge in [0.25, 0.3) is 0 Å². The standard InChI is InChI=1S/C7H13FN2S/c8-6(7(9)10)5-2-1-3-11-4-5/h5-6H,1-4H2,(H3,9,10). The molecule has 0 saturated carbocycles. The first-order valence-electron chi connectivity index (χ1n) is 3.77. The van der Waals surface area contributed by atoms with Crippen LogP contribution in [0.3, 0.4) is 0 Å². The van der Waals surface area contributed by atoms with Gasteiger partial charge >= 0.3 is 0 Å². The zero-order valence-electron chi connectivity index (χ0n) is 6.35.